The van der Waals surface area contributed by atoms with Crippen molar-refractivity contribution in [3.8, 4) is 0 Å². The fourth-order valence-electron chi connectivity index (χ4n) is 1.49. The van der Waals surface area contributed by atoms with E-state index in [0.29, 0.717) is 11.6 Å². The molecular weight excluding hydrogens is 326 g/mol. The molecule has 0 spiro atoms. The number of carboxylic acids is 1. The lowest BCUT2D eigenvalue weighted by molar-refractivity contribution is -0.142. The first-order valence-corrected chi connectivity index (χ1v) is 7.17. The fraction of sp³-hybridized carbons (Fsp3) is 0.357. The Labute approximate surface area is 138 Å². The lowest BCUT2D eigenvalue weighted by atomic mass is 10.2. The molecule has 0 unspecified atom stereocenters. The number of hydrogen-bond donors (Lipinski definition) is 4. The minimum absolute atomic E-state index is 0.0841. The third-order valence-corrected chi connectivity index (χ3v) is 2.82. The summed E-state index contributed by atoms with van der Waals surface area (Å²) in [5, 5.41) is 16.4. The Kier molecular flexibility index (Phi) is 8.48. The van der Waals surface area contributed by atoms with Gasteiger partial charge < -0.3 is 25.8 Å². The second-order valence-corrected chi connectivity index (χ2v) is 4.90. The van der Waals surface area contributed by atoms with Gasteiger partial charge in [-0.1, -0.05) is 23.7 Å². The molecule has 0 radical (unpaired) electrons. The van der Waals surface area contributed by atoms with Gasteiger partial charge in [0.25, 0.3) is 0 Å². The summed E-state index contributed by atoms with van der Waals surface area (Å²) in [4.78, 5) is 33.1. The van der Waals surface area contributed by atoms with Gasteiger partial charge in [-0.05, 0) is 17.7 Å². The smallest absolute Gasteiger partial charge is 0.329 e. The Hall–Kier alpha value is -2.32. The van der Waals surface area contributed by atoms with Gasteiger partial charge in [0.05, 0.1) is 13.2 Å². The zero-order valence-electron chi connectivity index (χ0n) is 12.3. The summed E-state index contributed by atoms with van der Waals surface area (Å²) >= 11 is 5.75. The van der Waals surface area contributed by atoms with Crippen molar-refractivity contribution in [2.75, 3.05) is 26.3 Å². The molecule has 0 aliphatic carbocycles. The number of amides is 3. The number of halogens is 1. The van der Waals surface area contributed by atoms with Crippen molar-refractivity contribution >= 4 is 29.5 Å². The van der Waals surface area contributed by atoms with Crippen LogP contribution in [0.2, 0.25) is 5.02 Å². The first-order chi connectivity index (χ1) is 11.0. The molecule has 126 valence electrons. The van der Waals surface area contributed by atoms with E-state index in [9.17, 15) is 14.4 Å². The van der Waals surface area contributed by atoms with Crippen LogP contribution in [0.4, 0.5) is 4.79 Å². The number of benzene rings is 1. The maximum atomic E-state index is 11.5. The number of rotatable bonds is 9. The summed E-state index contributed by atoms with van der Waals surface area (Å²) in [5.74, 6) is -1.47. The molecular formula is C14H18ClN3O5. The van der Waals surface area contributed by atoms with Gasteiger partial charge in [-0.2, -0.15) is 0 Å². The molecule has 0 fully saturated rings. The Balaban J connectivity index is 2.09. The van der Waals surface area contributed by atoms with Crippen molar-refractivity contribution in [1.82, 2.24) is 16.0 Å². The molecule has 0 heterocycles. The summed E-state index contributed by atoms with van der Waals surface area (Å²) < 4.78 is 4.74. The van der Waals surface area contributed by atoms with Gasteiger partial charge >= 0.3 is 12.0 Å². The summed E-state index contributed by atoms with van der Waals surface area (Å²) in [7, 11) is 0. The highest BCUT2D eigenvalue weighted by Crippen LogP contribution is 2.08. The van der Waals surface area contributed by atoms with Gasteiger partial charge in [0.1, 0.15) is 6.61 Å². The second kappa shape index (κ2) is 10.4. The van der Waals surface area contributed by atoms with E-state index in [1.165, 1.54) is 0 Å². The van der Waals surface area contributed by atoms with Crippen LogP contribution in [-0.2, 0) is 20.9 Å². The monoisotopic (exact) mass is 343 g/mol. The van der Waals surface area contributed by atoms with Crippen LogP contribution in [0, 0.1) is 0 Å². The van der Waals surface area contributed by atoms with Crippen molar-refractivity contribution < 1.29 is 24.2 Å². The Morgan fingerprint density at radius 2 is 1.78 bits per heavy atom. The van der Waals surface area contributed by atoms with Crippen LogP contribution >= 0.6 is 11.6 Å². The molecule has 9 heteroatoms. The van der Waals surface area contributed by atoms with Crippen molar-refractivity contribution in [1.29, 1.82) is 0 Å². The van der Waals surface area contributed by atoms with E-state index in [2.05, 4.69) is 16.0 Å². The van der Waals surface area contributed by atoms with E-state index in [4.69, 9.17) is 21.4 Å². The number of hydrogen-bond acceptors (Lipinski definition) is 4. The maximum absolute atomic E-state index is 11.5. The molecule has 1 aromatic rings. The van der Waals surface area contributed by atoms with Gasteiger partial charge in [0.2, 0.25) is 5.91 Å². The fourth-order valence-corrected chi connectivity index (χ4v) is 1.62. The summed E-state index contributed by atoms with van der Waals surface area (Å²) in [5.41, 5.74) is 0.879. The molecule has 23 heavy (non-hydrogen) atoms. The van der Waals surface area contributed by atoms with Gasteiger partial charge in [-0.25, -0.2) is 9.59 Å². The van der Waals surface area contributed by atoms with E-state index in [1.54, 1.807) is 24.3 Å². The third kappa shape index (κ3) is 9.33. The normalized spacial score (nSPS) is 9.96. The molecule has 0 aliphatic rings. The molecule has 0 aromatic heterocycles. The van der Waals surface area contributed by atoms with Gasteiger partial charge in [-0.15, -0.1) is 0 Å². The highest BCUT2D eigenvalue weighted by Gasteiger charge is 2.05. The van der Waals surface area contributed by atoms with Gasteiger partial charge in [0, 0.05) is 18.1 Å². The van der Waals surface area contributed by atoms with E-state index in [1.807, 2.05) is 0 Å². The number of ether oxygens (including phenoxy) is 1. The van der Waals surface area contributed by atoms with E-state index in [0.717, 1.165) is 5.56 Å². The standard InChI is InChI=1S/C14H18ClN3O5/c15-11-3-1-10(2-4-11)7-17-14(22)18-8-12(19)16-5-6-23-9-13(20)21/h1-4H,5-9H2,(H,16,19)(H,20,21)(H2,17,18,22). The highest BCUT2D eigenvalue weighted by atomic mass is 35.5. The highest BCUT2D eigenvalue weighted by molar-refractivity contribution is 6.30. The third-order valence-electron chi connectivity index (χ3n) is 2.57. The molecule has 0 aliphatic heterocycles. The predicted molar refractivity (Wildman–Crippen MR) is 83.2 cm³/mol. The molecule has 1 rings (SSSR count). The van der Waals surface area contributed by atoms with Crippen molar-refractivity contribution in [3.63, 3.8) is 0 Å². The molecule has 0 saturated heterocycles. The zero-order chi connectivity index (χ0) is 17.1. The molecule has 0 saturated carbocycles. The van der Waals surface area contributed by atoms with Gasteiger partial charge in [-0.3, -0.25) is 4.79 Å². The second-order valence-electron chi connectivity index (χ2n) is 4.46. The first kappa shape index (κ1) is 18.7. The van der Waals surface area contributed by atoms with E-state index in [-0.39, 0.29) is 19.7 Å². The molecule has 4 N–H and O–H groups in total. The molecule has 0 bridgehead atoms. The SMILES string of the molecule is O=C(O)COCCNC(=O)CNC(=O)NCc1ccc(Cl)cc1. The number of carbonyl (C=O) groups is 3. The quantitative estimate of drug-likeness (QED) is 0.483. The molecule has 8 nitrogen and oxygen atoms in total. The summed E-state index contributed by atoms with van der Waals surface area (Å²) in [6, 6.07) is 6.53. The minimum Gasteiger partial charge on any atom is -0.480 e. The predicted octanol–water partition coefficient (Wildman–Crippen LogP) is 0.357. The summed E-state index contributed by atoms with van der Waals surface area (Å²) in [6.07, 6.45) is 0. The number of carbonyl (C=O) groups excluding carboxylic acids is 2. The molecule has 0 atom stereocenters. The number of urea groups is 1. The Morgan fingerprint density at radius 1 is 1.09 bits per heavy atom. The number of carboxylic acid groups (broad SMARTS) is 1. The van der Waals surface area contributed by atoms with Crippen molar-refractivity contribution in [3.05, 3.63) is 34.9 Å². The maximum Gasteiger partial charge on any atom is 0.329 e. The van der Waals surface area contributed by atoms with E-state index >= 15 is 0 Å². The van der Waals surface area contributed by atoms with Crippen LogP contribution in [0.5, 0.6) is 0 Å². The van der Waals surface area contributed by atoms with Crippen molar-refractivity contribution in [2.24, 2.45) is 0 Å². The number of nitrogens with one attached hydrogen (secondary N) is 3. The Morgan fingerprint density at radius 3 is 2.43 bits per heavy atom. The first-order valence-electron chi connectivity index (χ1n) is 6.79. The molecule has 3 amide bonds. The lowest BCUT2D eigenvalue weighted by Gasteiger charge is -2.08. The largest absolute Gasteiger partial charge is 0.480 e. The van der Waals surface area contributed by atoms with Crippen LogP contribution in [0.15, 0.2) is 24.3 Å². The lowest BCUT2D eigenvalue weighted by Crippen LogP contribution is -2.42. The van der Waals surface area contributed by atoms with E-state index < -0.39 is 24.5 Å². The van der Waals surface area contributed by atoms with Crippen LogP contribution in [0.25, 0.3) is 0 Å². The number of aliphatic carboxylic acids is 1. The topological polar surface area (TPSA) is 117 Å². The summed E-state index contributed by atoms with van der Waals surface area (Å²) in [6.45, 7) is -0.0404. The van der Waals surface area contributed by atoms with Crippen LogP contribution in [-0.4, -0.2) is 49.3 Å². The zero-order valence-corrected chi connectivity index (χ0v) is 13.1. The average molecular weight is 344 g/mol. The van der Waals surface area contributed by atoms with Crippen LogP contribution in [0.3, 0.4) is 0 Å². The molecule has 1 aromatic carbocycles. The van der Waals surface area contributed by atoms with Gasteiger partial charge in [0.15, 0.2) is 0 Å². The Bertz CT molecular complexity index is 536. The van der Waals surface area contributed by atoms with Crippen LogP contribution in [0.1, 0.15) is 5.56 Å². The minimum atomic E-state index is -1.07. The van der Waals surface area contributed by atoms with Crippen LogP contribution < -0.4 is 16.0 Å². The average Bonchev–Trinajstić information content (AvgIpc) is 2.51. The van der Waals surface area contributed by atoms with Crippen molar-refractivity contribution in [2.45, 2.75) is 6.54 Å².